The number of amides is 2. The van der Waals surface area contributed by atoms with E-state index >= 15 is 0 Å². The van der Waals surface area contributed by atoms with Crippen molar-refractivity contribution >= 4 is 23.4 Å². The molecule has 1 atom stereocenters. The Morgan fingerprint density at radius 3 is 2.38 bits per heavy atom. The highest BCUT2D eigenvalue weighted by atomic mass is 35.5. The van der Waals surface area contributed by atoms with E-state index in [0.717, 1.165) is 19.3 Å². The van der Waals surface area contributed by atoms with Crippen molar-refractivity contribution in [1.29, 1.82) is 0 Å². The Labute approximate surface area is 232 Å². The van der Waals surface area contributed by atoms with Crippen LogP contribution in [0.3, 0.4) is 0 Å². The minimum Gasteiger partial charge on any atom is -0.497 e. The first-order valence-corrected chi connectivity index (χ1v) is 13.5. The maximum atomic E-state index is 14.0. The molecule has 4 rings (SSSR count). The SMILES string of the molecule is COc1cccc([C@@](O)(C(=O)N2CCC(C[C@H]3C[C@@H](Oc4ccc(C(=O)N(C)C)c(Cl)c4)C3)CC2)C(F)F)c1. The fourth-order valence-electron chi connectivity index (χ4n) is 5.43. The van der Waals surface area contributed by atoms with Crippen LogP contribution in [0.2, 0.25) is 5.02 Å². The molecular formula is C29H35ClF2N2O5. The van der Waals surface area contributed by atoms with Gasteiger partial charge in [0.25, 0.3) is 18.2 Å². The zero-order valence-corrected chi connectivity index (χ0v) is 23.2. The Balaban J connectivity index is 1.25. The Morgan fingerprint density at radius 1 is 1.10 bits per heavy atom. The van der Waals surface area contributed by atoms with Gasteiger partial charge in [-0.25, -0.2) is 8.78 Å². The highest BCUT2D eigenvalue weighted by Gasteiger charge is 2.50. The van der Waals surface area contributed by atoms with E-state index in [1.54, 1.807) is 38.4 Å². The van der Waals surface area contributed by atoms with Gasteiger partial charge in [-0.05, 0) is 74.3 Å². The van der Waals surface area contributed by atoms with E-state index in [4.69, 9.17) is 21.1 Å². The second-order valence-corrected chi connectivity index (χ2v) is 11.1. The minimum absolute atomic E-state index is 0.0760. The van der Waals surface area contributed by atoms with Gasteiger partial charge in [-0.3, -0.25) is 9.59 Å². The van der Waals surface area contributed by atoms with E-state index in [-0.39, 0.29) is 17.6 Å². The van der Waals surface area contributed by atoms with Gasteiger partial charge in [-0.2, -0.15) is 0 Å². The number of alkyl halides is 2. The molecule has 39 heavy (non-hydrogen) atoms. The van der Waals surface area contributed by atoms with Crippen LogP contribution >= 0.6 is 11.6 Å². The Morgan fingerprint density at radius 2 is 1.79 bits per heavy atom. The third-order valence-corrected chi connectivity index (χ3v) is 8.11. The van der Waals surface area contributed by atoms with Gasteiger partial charge < -0.3 is 24.4 Å². The van der Waals surface area contributed by atoms with Gasteiger partial charge >= 0.3 is 0 Å². The molecule has 0 radical (unpaired) electrons. The third-order valence-electron chi connectivity index (χ3n) is 7.79. The number of carbonyl (C=O) groups excluding carboxylic acids is 2. The monoisotopic (exact) mass is 564 g/mol. The second-order valence-electron chi connectivity index (χ2n) is 10.7. The number of likely N-dealkylation sites (tertiary alicyclic amines) is 1. The molecule has 1 aliphatic heterocycles. The van der Waals surface area contributed by atoms with Crippen molar-refractivity contribution in [2.75, 3.05) is 34.3 Å². The summed E-state index contributed by atoms with van der Waals surface area (Å²) < 4.78 is 39.2. The molecule has 2 amide bonds. The summed E-state index contributed by atoms with van der Waals surface area (Å²) in [5.41, 5.74) is -2.66. The molecule has 1 aliphatic carbocycles. The summed E-state index contributed by atoms with van der Waals surface area (Å²) in [4.78, 5) is 28.1. The largest absolute Gasteiger partial charge is 0.497 e. The first kappa shape index (κ1) is 29.1. The molecule has 1 saturated heterocycles. The number of rotatable bonds is 9. The van der Waals surface area contributed by atoms with Crippen molar-refractivity contribution in [2.24, 2.45) is 11.8 Å². The summed E-state index contributed by atoms with van der Waals surface area (Å²) in [5.74, 6) is 0.651. The van der Waals surface area contributed by atoms with Gasteiger partial charge in [0.2, 0.25) is 5.60 Å². The molecule has 0 unspecified atom stereocenters. The summed E-state index contributed by atoms with van der Waals surface area (Å²) in [6, 6.07) is 10.7. The molecule has 1 heterocycles. The second kappa shape index (κ2) is 12.1. The van der Waals surface area contributed by atoms with E-state index in [9.17, 15) is 23.5 Å². The molecule has 1 N–H and O–H groups in total. The number of piperidine rings is 1. The molecule has 2 aromatic carbocycles. The number of halogens is 3. The molecular weight excluding hydrogens is 530 g/mol. The van der Waals surface area contributed by atoms with Crippen molar-refractivity contribution in [1.82, 2.24) is 9.80 Å². The molecule has 2 aliphatic rings. The Hall–Kier alpha value is -2.91. The quantitative estimate of drug-likeness (QED) is 0.464. The predicted octanol–water partition coefficient (Wildman–Crippen LogP) is 4.99. The van der Waals surface area contributed by atoms with Crippen molar-refractivity contribution in [2.45, 2.75) is 50.2 Å². The number of methoxy groups -OCH3 is 1. The zero-order chi connectivity index (χ0) is 28.3. The zero-order valence-electron chi connectivity index (χ0n) is 22.4. The third kappa shape index (κ3) is 6.30. The molecule has 1 saturated carbocycles. The molecule has 212 valence electrons. The lowest BCUT2D eigenvalue weighted by atomic mass is 9.74. The van der Waals surface area contributed by atoms with Crippen LogP contribution in [0.25, 0.3) is 0 Å². The van der Waals surface area contributed by atoms with Gasteiger partial charge in [0.05, 0.1) is 23.8 Å². The van der Waals surface area contributed by atoms with Crippen molar-refractivity contribution in [3.63, 3.8) is 0 Å². The fourth-order valence-corrected chi connectivity index (χ4v) is 5.68. The Kier molecular flexibility index (Phi) is 9.01. The summed E-state index contributed by atoms with van der Waals surface area (Å²) in [6.07, 6.45) is 0.971. The van der Waals surface area contributed by atoms with E-state index in [2.05, 4.69) is 0 Å². The molecule has 7 nitrogen and oxygen atoms in total. The summed E-state index contributed by atoms with van der Waals surface area (Å²) in [7, 11) is 4.74. The van der Waals surface area contributed by atoms with Gasteiger partial charge in [-0.15, -0.1) is 0 Å². The van der Waals surface area contributed by atoms with E-state index in [1.807, 2.05) is 0 Å². The number of carbonyl (C=O) groups is 2. The van der Waals surface area contributed by atoms with Crippen molar-refractivity contribution in [3.05, 3.63) is 58.6 Å². The maximum Gasteiger partial charge on any atom is 0.280 e. The standard InChI is InChI=1S/C29H35ClF2N2O5/c1-33(2)26(35)24-8-7-22(17-25(24)30)39-23-14-19(15-23)13-18-9-11-34(12-10-18)28(36)29(37,27(31)32)20-5-4-6-21(16-20)38-3/h4-8,16-19,23,27,37H,9-15H2,1-3H3/t19-,23+,29-/m0/s1. The Bertz CT molecular complexity index is 1180. The number of hydrogen-bond acceptors (Lipinski definition) is 5. The van der Waals surface area contributed by atoms with Crippen LogP contribution < -0.4 is 9.47 Å². The first-order valence-electron chi connectivity index (χ1n) is 13.1. The molecule has 0 aromatic heterocycles. The highest BCUT2D eigenvalue weighted by molar-refractivity contribution is 6.34. The number of benzene rings is 2. The van der Waals surface area contributed by atoms with Crippen molar-refractivity contribution in [3.8, 4) is 11.5 Å². The van der Waals surface area contributed by atoms with Crippen LogP contribution in [0.1, 0.15) is 48.0 Å². The van der Waals surface area contributed by atoms with E-state index < -0.39 is 17.9 Å². The van der Waals surface area contributed by atoms with Gasteiger partial charge in [-0.1, -0.05) is 23.7 Å². The van der Waals surface area contributed by atoms with Gasteiger partial charge in [0.15, 0.2) is 0 Å². The number of hydrogen-bond donors (Lipinski definition) is 1. The highest BCUT2D eigenvalue weighted by Crippen LogP contribution is 2.40. The predicted molar refractivity (Wildman–Crippen MR) is 143 cm³/mol. The molecule has 10 heteroatoms. The lowest BCUT2D eigenvalue weighted by Crippen LogP contribution is -2.53. The molecule has 0 bridgehead atoms. The minimum atomic E-state index is -3.28. The normalized spacial score (nSPS) is 21.2. The van der Waals surface area contributed by atoms with Crippen LogP contribution in [0.5, 0.6) is 11.5 Å². The first-order chi connectivity index (χ1) is 18.5. The topological polar surface area (TPSA) is 79.3 Å². The summed E-state index contributed by atoms with van der Waals surface area (Å²) in [5, 5.41) is 11.2. The van der Waals surface area contributed by atoms with Crippen LogP contribution in [-0.2, 0) is 10.4 Å². The molecule has 2 fully saturated rings. The smallest absolute Gasteiger partial charge is 0.280 e. The van der Waals surface area contributed by atoms with Crippen LogP contribution in [0, 0.1) is 11.8 Å². The average Bonchev–Trinajstić information content (AvgIpc) is 2.91. The van der Waals surface area contributed by atoms with Gasteiger partial charge in [0, 0.05) is 32.7 Å². The molecule has 2 aromatic rings. The summed E-state index contributed by atoms with van der Waals surface area (Å²) >= 11 is 6.28. The van der Waals surface area contributed by atoms with Crippen LogP contribution in [0.4, 0.5) is 8.78 Å². The van der Waals surface area contributed by atoms with Crippen LogP contribution in [0.15, 0.2) is 42.5 Å². The number of nitrogens with zero attached hydrogens (tertiary/aromatic N) is 2. The van der Waals surface area contributed by atoms with Crippen LogP contribution in [-0.4, -0.2) is 73.5 Å². The number of aliphatic hydroxyl groups is 1. The maximum absolute atomic E-state index is 14.0. The summed E-state index contributed by atoms with van der Waals surface area (Å²) in [6.45, 7) is 0.650. The average molecular weight is 565 g/mol. The number of ether oxygens (including phenoxy) is 2. The van der Waals surface area contributed by atoms with E-state index in [1.165, 1.54) is 35.1 Å². The van der Waals surface area contributed by atoms with Gasteiger partial charge in [0.1, 0.15) is 11.5 Å². The lowest BCUT2D eigenvalue weighted by Gasteiger charge is -2.41. The van der Waals surface area contributed by atoms with E-state index in [0.29, 0.717) is 59.9 Å². The van der Waals surface area contributed by atoms with Crippen molar-refractivity contribution < 1.29 is 33.0 Å². The lowest BCUT2D eigenvalue weighted by molar-refractivity contribution is -0.173. The molecule has 0 spiro atoms. The fraction of sp³-hybridized carbons (Fsp3) is 0.517.